The molecule has 2 saturated carbocycles. The Hall–Kier alpha value is -6.24. The molecule has 3 aliphatic rings. The summed E-state index contributed by atoms with van der Waals surface area (Å²) in [7, 11) is -2.46. The van der Waals surface area contributed by atoms with Gasteiger partial charge in [0, 0.05) is 86.3 Å². The van der Waals surface area contributed by atoms with Gasteiger partial charge in [-0.25, -0.2) is 51.8 Å². The van der Waals surface area contributed by atoms with Crippen molar-refractivity contribution in [2.24, 2.45) is 0 Å². The second-order valence-electron chi connectivity index (χ2n) is 19.4. The summed E-state index contributed by atoms with van der Waals surface area (Å²) >= 11 is 0.702. The summed E-state index contributed by atoms with van der Waals surface area (Å²) in [6.45, 7) is 12.2. The summed E-state index contributed by atoms with van der Waals surface area (Å²) in [5.74, 6) is 1.73. The molecule has 72 heavy (non-hydrogen) atoms. The van der Waals surface area contributed by atoms with Gasteiger partial charge < -0.3 is 19.1 Å². The predicted octanol–water partition coefficient (Wildman–Crippen LogP) is 8.82. The number of pyridine rings is 1. The fourth-order valence-corrected chi connectivity index (χ4v) is 11.6. The van der Waals surface area contributed by atoms with Crippen LogP contribution in [-0.4, -0.2) is 113 Å². The van der Waals surface area contributed by atoms with Gasteiger partial charge in [-0.2, -0.15) is 13.2 Å². The quantitative estimate of drug-likeness (QED) is 0.0856. The number of imidazole rings is 2. The normalized spacial score (nSPS) is 18.4. The van der Waals surface area contributed by atoms with E-state index in [9.17, 15) is 30.4 Å². The molecule has 0 bridgehead atoms. The Morgan fingerprint density at radius 1 is 0.944 bits per heavy atom. The van der Waals surface area contributed by atoms with E-state index in [-0.39, 0.29) is 45.6 Å². The number of benzene rings is 1. The highest BCUT2D eigenvalue weighted by Gasteiger charge is 2.42. The van der Waals surface area contributed by atoms with Crippen molar-refractivity contribution in [3.63, 3.8) is 0 Å². The third kappa shape index (κ3) is 9.96. The first-order valence-corrected chi connectivity index (χ1v) is 26.0. The number of alkyl halides is 5. The summed E-state index contributed by atoms with van der Waals surface area (Å²) in [5, 5.41) is 7.30. The van der Waals surface area contributed by atoms with E-state index < -0.39 is 38.9 Å². The largest absolute Gasteiger partial charge is 0.480 e. The molecular formula is C48H53F5N14O3S2. The molecule has 1 aliphatic heterocycles. The summed E-state index contributed by atoms with van der Waals surface area (Å²) in [5.41, 5.74) is 3.30. The molecule has 0 amide bonds. The van der Waals surface area contributed by atoms with Crippen LogP contribution in [0.2, 0.25) is 0 Å². The topological polar surface area (TPSA) is 178 Å². The number of sulfonamides is 1. The van der Waals surface area contributed by atoms with Crippen LogP contribution in [0.4, 0.5) is 33.5 Å². The number of nitrogens with zero attached hydrogens (tertiary/aromatic N) is 13. The average molecular weight is 1030 g/mol. The predicted molar refractivity (Wildman–Crippen MR) is 261 cm³/mol. The Bertz CT molecular complexity index is 3220. The zero-order valence-electron chi connectivity index (χ0n) is 40.3. The first-order chi connectivity index (χ1) is 34.3. The Labute approximate surface area is 416 Å². The molecule has 6 aromatic heterocycles. The number of hydrogen-bond donors (Lipinski definition) is 1. The van der Waals surface area contributed by atoms with E-state index in [0.29, 0.717) is 96.6 Å². The van der Waals surface area contributed by atoms with Gasteiger partial charge in [-0.05, 0) is 71.9 Å². The van der Waals surface area contributed by atoms with Crippen LogP contribution in [0, 0.1) is 0 Å². The van der Waals surface area contributed by atoms with Crippen molar-refractivity contribution >= 4 is 38.4 Å². The van der Waals surface area contributed by atoms with Crippen LogP contribution >= 0.6 is 11.3 Å². The highest BCUT2D eigenvalue weighted by molar-refractivity contribution is 7.89. The minimum atomic E-state index is -4.59. The zero-order chi connectivity index (χ0) is 50.9. The van der Waals surface area contributed by atoms with Crippen LogP contribution in [0.25, 0.3) is 39.0 Å². The molecule has 1 aromatic carbocycles. The summed E-state index contributed by atoms with van der Waals surface area (Å²) in [6, 6.07) is 10.5. The van der Waals surface area contributed by atoms with Gasteiger partial charge in [-0.1, -0.05) is 35.6 Å². The molecule has 2 atom stereocenters. The minimum absolute atomic E-state index is 0.00624. The fraction of sp³-hybridized carbons (Fsp3) is 0.458. The van der Waals surface area contributed by atoms with Crippen LogP contribution in [0.1, 0.15) is 101 Å². The maximum atomic E-state index is 14.0. The van der Waals surface area contributed by atoms with Crippen molar-refractivity contribution in [2.75, 3.05) is 43.1 Å². The number of ether oxygens (including phenoxy) is 1. The Balaban J connectivity index is 0.949. The van der Waals surface area contributed by atoms with Crippen LogP contribution < -0.4 is 19.3 Å². The molecule has 17 nitrogen and oxygen atoms in total. The van der Waals surface area contributed by atoms with Gasteiger partial charge in [0.05, 0.1) is 41.5 Å². The molecule has 0 spiro atoms. The Morgan fingerprint density at radius 3 is 2.31 bits per heavy atom. The number of methoxy groups -OCH3 is 1. The van der Waals surface area contributed by atoms with Crippen molar-refractivity contribution in [1.29, 1.82) is 0 Å². The van der Waals surface area contributed by atoms with E-state index in [4.69, 9.17) is 9.72 Å². The molecule has 3 fully saturated rings. The van der Waals surface area contributed by atoms with Gasteiger partial charge in [-0.15, -0.1) is 10.2 Å². The lowest BCUT2D eigenvalue weighted by atomic mass is 10.1. The van der Waals surface area contributed by atoms with Crippen molar-refractivity contribution in [3.05, 3.63) is 89.6 Å². The van der Waals surface area contributed by atoms with E-state index in [0.717, 1.165) is 30.3 Å². The summed E-state index contributed by atoms with van der Waals surface area (Å²) in [4.78, 5) is 33.7. The van der Waals surface area contributed by atoms with Crippen molar-refractivity contribution in [2.45, 2.75) is 114 Å². The SMILES string of the molecule is COc1ncnc(C2CC2)c1-c1cc(N(CCN2C(C)CN(c3cc(S(=O)(=O)NC4(C)CC4)cn4c(-c5nnc(C(F)F)s5)ncc34)CC2C)Cc2ccc(-c3nc(C(F)(F)F)cn3C(C)C)cc2)ncn1. The summed E-state index contributed by atoms with van der Waals surface area (Å²) in [6.07, 6.45) is 3.11. The summed E-state index contributed by atoms with van der Waals surface area (Å²) < 4.78 is 108. The highest BCUT2D eigenvalue weighted by atomic mass is 32.2. The van der Waals surface area contributed by atoms with Crippen molar-refractivity contribution < 1.29 is 35.1 Å². The molecule has 7 aromatic rings. The van der Waals surface area contributed by atoms with E-state index in [1.807, 2.05) is 39.0 Å². The van der Waals surface area contributed by atoms with E-state index >= 15 is 0 Å². The number of aromatic nitrogens is 10. The average Bonchev–Trinajstić information content (AvgIpc) is 4.11. The molecular weight excluding hydrogens is 980 g/mol. The lowest BCUT2D eigenvalue weighted by Crippen LogP contribution is -2.58. The van der Waals surface area contributed by atoms with E-state index in [1.165, 1.54) is 23.4 Å². The van der Waals surface area contributed by atoms with Gasteiger partial charge >= 0.3 is 6.18 Å². The van der Waals surface area contributed by atoms with Crippen molar-refractivity contribution in [3.8, 4) is 39.4 Å². The lowest BCUT2D eigenvalue weighted by Gasteiger charge is -2.46. The number of halogens is 5. The smallest absolute Gasteiger partial charge is 0.434 e. The maximum Gasteiger partial charge on any atom is 0.434 e. The molecule has 2 unspecified atom stereocenters. The number of piperazine rings is 1. The van der Waals surface area contributed by atoms with Crippen molar-refractivity contribution in [1.82, 2.24) is 58.7 Å². The molecule has 1 saturated heterocycles. The van der Waals surface area contributed by atoms with E-state index in [2.05, 4.69) is 68.4 Å². The standard InChI is InChI=1S/C48H53F5N14O3S2/c1-27(2)66-24-37(48(51,52)53)59-42(66)32-9-7-30(8-10-32)22-63(38-18-34(55-25-56-38)39-40(31-11-12-31)57-26-58-44(39)70-6)15-16-65-28(3)20-64(21-29(65)4)35-17-33(72(68,69)62-47(5)13-14-47)23-67-36(35)19-54-43(67)46-61-60-45(71-46)41(49)50/h7-10,17-19,23-29,31,41,62H,11-16,20-22H2,1-6H3. The molecule has 10 rings (SSSR count). The Morgan fingerprint density at radius 2 is 1.67 bits per heavy atom. The fourth-order valence-electron chi connectivity index (χ4n) is 9.42. The van der Waals surface area contributed by atoms with Crippen LogP contribution in [-0.2, 0) is 22.7 Å². The minimum Gasteiger partial charge on any atom is -0.480 e. The second-order valence-corrected chi connectivity index (χ2v) is 22.1. The van der Waals surface area contributed by atoms with Gasteiger partial charge in [0.2, 0.25) is 15.9 Å². The van der Waals surface area contributed by atoms with Crippen LogP contribution in [0.15, 0.2) is 72.5 Å². The molecule has 7 heterocycles. The maximum absolute atomic E-state index is 14.0. The number of rotatable bonds is 17. The molecule has 2 aliphatic carbocycles. The van der Waals surface area contributed by atoms with Gasteiger partial charge in [0.15, 0.2) is 21.5 Å². The molecule has 24 heteroatoms. The first-order valence-electron chi connectivity index (χ1n) is 23.7. The number of fused-ring (bicyclic) bond motifs is 1. The van der Waals surface area contributed by atoms with Gasteiger partial charge in [0.1, 0.15) is 29.2 Å². The highest BCUT2D eigenvalue weighted by Crippen LogP contribution is 2.46. The number of anilines is 2. The third-order valence-electron chi connectivity index (χ3n) is 13.6. The molecule has 380 valence electrons. The second kappa shape index (κ2) is 19.0. The number of hydrogen-bond acceptors (Lipinski definition) is 15. The lowest BCUT2D eigenvalue weighted by molar-refractivity contribution is -0.140. The van der Waals surface area contributed by atoms with Crippen LogP contribution in [0.5, 0.6) is 5.88 Å². The van der Waals surface area contributed by atoms with Gasteiger partial charge in [0.25, 0.3) is 6.43 Å². The van der Waals surface area contributed by atoms with Crippen LogP contribution in [0.3, 0.4) is 0 Å². The molecule has 1 N–H and O–H groups in total. The van der Waals surface area contributed by atoms with Gasteiger partial charge in [-0.3, -0.25) is 9.30 Å². The number of nitrogens with one attached hydrogen (secondary N) is 1. The zero-order valence-corrected chi connectivity index (χ0v) is 42.0. The monoisotopic (exact) mass is 1030 g/mol. The first kappa shape index (κ1) is 49.3. The third-order valence-corrected chi connectivity index (χ3v) is 16.1. The molecule has 0 radical (unpaired) electrons. The van der Waals surface area contributed by atoms with E-state index in [1.54, 1.807) is 35.9 Å². The Kier molecular flexibility index (Phi) is 13.0.